The summed E-state index contributed by atoms with van der Waals surface area (Å²) in [6.45, 7) is 0.0496. The highest BCUT2D eigenvalue weighted by molar-refractivity contribution is 6.23. The van der Waals surface area contributed by atoms with E-state index in [1.165, 1.54) is 0 Å². The number of ether oxygens (including phenoxy) is 4. The number of piperidine rings is 1. The van der Waals surface area contributed by atoms with Crippen molar-refractivity contribution in [2.75, 3.05) is 44.4 Å². The van der Waals surface area contributed by atoms with E-state index >= 15 is 0 Å². The number of pyridine rings is 2. The molecule has 59 heavy (non-hydrogen) atoms. The summed E-state index contributed by atoms with van der Waals surface area (Å²) >= 11 is 0. The van der Waals surface area contributed by atoms with Gasteiger partial charge in [0.25, 0.3) is 17.7 Å². The SMILES string of the molecule is Cn1c2ccncc2c2ccc(-c3ccc(OC4CC(OCC(F)(F)COCCCOC5CN(c6ccc7c(c6)C(=O)N(C6CCC(=O)NC6=O)C7=O)C5)C4)nc3)cc21. The summed E-state index contributed by atoms with van der Waals surface area (Å²) in [5, 5.41) is 4.44. The molecule has 0 spiro atoms. The second-order valence-electron chi connectivity index (χ2n) is 15.6. The molecule has 1 unspecified atom stereocenters. The number of halogens is 2. The van der Waals surface area contributed by atoms with Crippen molar-refractivity contribution in [3.05, 3.63) is 84.3 Å². The Bertz CT molecular complexity index is 2450. The number of rotatable bonds is 15. The molecule has 0 bridgehead atoms. The first-order valence-electron chi connectivity index (χ1n) is 19.8. The zero-order valence-corrected chi connectivity index (χ0v) is 32.3. The smallest absolute Gasteiger partial charge is 0.293 e. The summed E-state index contributed by atoms with van der Waals surface area (Å²) in [7, 11) is 2.04. The largest absolute Gasteiger partial charge is 0.474 e. The van der Waals surface area contributed by atoms with Gasteiger partial charge in [-0.25, -0.2) is 13.8 Å². The van der Waals surface area contributed by atoms with Crippen molar-refractivity contribution in [2.24, 2.45) is 7.05 Å². The van der Waals surface area contributed by atoms with Crippen LogP contribution in [0.25, 0.3) is 32.9 Å². The van der Waals surface area contributed by atoms with E-state index in [9.17, 15) is 28.0 Å². The van der Waals surface area contributed by atoms with Crippen LogP contribution in [0.1, 0.15) is 52.8 Å². The van der Waals surface area contributed by atoms with Gasteiger partial charge in [0.05, 0.1) is 28.9 Å². The Morgan fingerprint density at radius 3 is 2.42 bits per heavy atom. The third-order valence-electron chi connectivity index (χ3n) is 11.5. The molecule has 6 heterocycles. The standard InChI is InChI=1S/C43H42F2N6O8/c1-49-35-11-12-46-20-34(35)31-6-3-25(15-37(31)49)26-4-10-39(47-19-26)59-29-17-28(18-29)58-24-43(44,45)23-56-13-2-14-57-30-21-50(22-30)27-5-7-32-33(16-27)42(55)51(41(32)54)36-8-9-38(52)48-40(36)53/h3-7,10-12,15-16,19-20,28-30,36H,2,8-9,13-14,17-18,21-24H2,1H3,(H,48,52,53). The molecule has 5 aromatic rings. The van der Waals surface area contributed by atoms with E-state index in [1.54, 1.807) is 30.6 Å². The van der Waals surface area contributed by atoms with Crippen LogP contribution >= 0.6 is 0 Å². The molecule has 2 saturated heterocycles. The first kappa shape index (κ1) is 38.7. The molecule has 0 radical (unpaired) electrons. The molecule has 9 rings (SSSR count). The molecule has 14 nitrogen and oxygen atoms in total. The van der Waals surface area contributed by atoms with Crippen molar-refractivity contribution in [1.82, 2.24) is 24.8 Å². The second-order valence-corrected chi connectivity index (χ2v) is 15.6. The molecular formula is C43H42F2N6O8. The van der Waals surface area contributed by atoms with Gasteiger partial charge in [-0.15, -0.1) is 0 Å². The van der Waals surface area contributed by atoms with Crippen LogP contribution < -0.4 is 15.0 Å². The Labute approximate surface area is 337 Å². The summed E-state index contributed by atoms with van der Waals surface area (Å²) < 4.78 is 53.7. The van der Waals surface area contributed by atoms with Crippen LogP contribution in [0.15, 0.2) is 73.2 Å². The number of anilines is 1. The Morgan fingerprint density at radius 1 is 0.814 bits per heavy atom. The zero-order chi connectivity index (χ0) is 40.8. The summed E-state index contributed by atoms with van der Waals surface area (Å²) in [4.78, 5) is 61.6. The third-order valence-corrected chi connectivity index (χ3v) is 11.5. The minimum Gasteiger partial charge on any atom is -0.474 e. The van der Waals surface area contributed by atoms with Crippen LogP contribution in [0.5, 0.6) is 5.88 Å². The molecule has 4 aliphatic rings. The predicted octanol–water partition coefficient (Wildman–Crippen LogP) is 5.06. The quantitative estimate of drug-likeness (QED) is 0.112. The molecule has 306 valence electrons. The molecule has 3 fully saturated rings. The first-order chi connectivity index (χ1) is 28.5. The fraction of sp³-hybridized carbons (Fsp3) is 0.395. The van der Waals surface area contributed by atoms with Crippen LogP contribution in [0.2, 0.25) is 0 Å². The van der Waals surface area contributed by atoms with Gasteiger partial charge in [-0.05, 0) is 54.8 Å². The molecule has 3 aromatic heterocycles. The third kappa shape index (κ3) is 7.75. The number of imide groups is 2. The minimum atomic E-state index is -3.13. The number of nitrogens with one attached hydrogen (secondary N) is 1. The number of hydrogen-bond donors (Lipinski definition) is 1. The van der Waals surface area contributed by atoms with E-state index in [2.05, 4.69) is 38.1 Å². The van der Waals surface area contributed by atoms with E-state index in [0.29, 0.717) is 44.8 Å². The Hall–Kier alpha value is -5.84. The van der Waals surface area contributed by atoms with Crippen molar-refractivity contribution >= 4 is 51.1 Å². The van der Waals surface area contributed by atoms with Crippen molar-refractivity contribution in [3.63, 3.8) is 0 Å². The van der Waals surface area contributed by atoms with Gasteiger partial charge >= 0.3 is 0 Å². The fourth-order valence-corrected chi connectivity index (χ4v) is 8.10. The van der Waals surface area contributed by atoms with E-state index in [-0.39, 0.29) is 48.9 Å². The number of benzene rings is 2. The lowest BCUT2D eigenvalue weighted by atomic mass is 9.92. The van der Waals surface area contributed by atoms with Crippen LogP contribution in [-0.4, -0.2) is 113 Å². The molecule has 1 aliphatic carbocycles. The average Bonchev–Trinajstić information content (AvgIpc) is 3.62. The second kappa shape index (κ2) is 15.7. The highest BCUT2D eigenvalue weighted by Gasteiger charge is 2.45. The summed E-state index contributed by atoms with van der Waals surface area (Å²) in [5.41, 5.74) is 5.39. The van der Waals surface area contributed by atoms with Crippen LogP contribution in [0, 0.1) is 0 Å². The minimum absolute atomic E-state index is 0.0537. The molecule has 1 saturated carbocycles. The van der Waals surface area contributed by atoms with Gasteiger partial charge < -0.3 is 28.4 Å². The lowest BCUT2D eigenvalue weighted by Gasteiger charge is -2.40. The highest BCUT2D eigenvalue weighted by atomic mass is 19.3. The molecule has 1 atom stereocenters. The number of amides is 4. The van der Waals surface area contributed by atoms with Gasteiger partial charge in [-0.1, -0.05) is 12.1 Å². The number of fused-ring (bicyclic) bond motifs is 4. The van der Waals surface area contributed by atoms with E-state index in [1.807, 2.05) is 36.3 Å². The summed E-state index contributed by atoms with van der Waals surface area (Å²) in [6.07, 6.45) is 6.46. The van der Waals surface area contributed by atoms with E-state index in [4.69, 9.17) is 18.9 Å². The van der Waals surface area contributed by atoms with Crippen molar-refractivity contribution in [3.8, 4) is 17.0 Å². The van der Waals surface area contributed by atoms with Gasteiger partial charge in [-0.3, -0.25) is 34.4 Å². The summed E-state index contributed by atoms with van der Waals surface area (Å²) in [5.74, 6) is -4.85. The molecule has 3 aliphatic heterocycles. The molecule has 2 aromatic carbocycles. The first-order valence-corrected chi connectivity index (χ1v) is 19.8. The number of hydrogen-bond acceptors (Lipinski definition) is 11. The van der Waals surface area contributed by atoms with Crippen molar-refractivity contribution < 1.29 is 46.9 Å². The predicted molar refractivity (Wildman–Crippen MR) is 210 cm³/mol. The number of aryl methyl sites for hydroxylation is 1. The van der Waals surface area contributed by atoms with Gasteiger partial charge in [0.15, 0.2) is 0 Å². The van der Waals surface area contributed by atoms with Crippen molar-refractivity contribution in [1.29, 1.82) is 0 Å². The molecule has 1 N–H and O–H groups in total. The number of nitrogens with zero attached hydrogens (tertiary/aromatic N) is 5. The monoisotopic (exact) mass is 808 g/mol. The topological polar surface area (TPSA) is 154 Å². The Kier molecular flexibility index (Phi) is 10.3. The molecule has 16 heteroatoms. The van der Waals surface area contributed by atoms with Crippen molar-refractivity contribution in [2.45, 2.75) is 62.4 Å². The molecular weight excluding hydrogens is 767 g/mol. The fourth-order valence-electron chi connectivity index (χ4n) is 8.10. The lowest BCUT2D eigenvalue weighted by Crippen LogP contribution is -2.54. The zero-order valence-electron chi connectivity index (χ0n) is 32.3. The average molecular weight is 809 g/mol. The number of alkyl halides is 2. The summed E-state index contributed by atoms with van der Waals surface area (Å²) in [6, 6.07) is 16.0. The lowest BCUT2D eigenvalue weighted by molar-refractivity contribution is -0.160. The number of carbonyl (C=O) groups is 4. The van der Waals surface area contributed by atoms with Crippen LogP contribution in [-0.2, 0) is 30.8 Å². The van der Waals surface area contributed by atoms with Crippen LogP contribution in [0.4, 0.5) is 14.5 Å². The highest BCUT2D eigenvalue weighted by Crippen LogP contribution is 2.35. The molecule has 4 amide bonds. The van der Waals surface area contributed by atoms with Crippen LogP contribution in [0.3, 0.4) is 0 Å². The van der Waals surface area contributed by atoms with Gasteiger partial charge in [-0.2, -0.15) is 0 Å². The number of aromatic nitrogens is 3. The van der Waals surface area contributed by atoms with E-state index < -0.39 is 48.8 Å². The maximum absolute atomic E-state index is 14.5. The Balaban J connectivity index is 0.642. The maximum Gasteiger partial charge on any atom is 0.293 e. The Morgan fingerprint density at radius 2 is 1.63 bits per heavy atom. The van der Waals surface area contributed by atoms with Gasteiger partial charge in [0.2, 0.25) is 17.7 Å². The maximum atomic E-state index is 14.5. The number of carbonyl (C=O) groups excluding carboxylic acids is 4. The normalized spacial score (nSPS) is 20.9. The van der Waals surface area contributed by atoms with E-state index in [0.717, 1.165) is 43.5 Å². The van der Waals surface area contributed by atoms with Gasteiger partial charge in [0.1, 0.15) is 25.4 Å². The van der Waals surface area contributed by atoms with Gasteiger partial charge in [0, 0.05) is 105 Å².